The quantitative estimate of drug-likeness (QED) is 0.635. The lowest BCUT2D eigenvalue weighted by Gasteiger charge is -2.37. The molecule has 2 nitrogen and oxygen atoms in total. The first kappa shape index (κ1) is 8.52. The molecule has 1 saturated heterocycles. The Kier molecular flexibility index (Phi) is 2.13. The van der Waals surface area contributed by atoms with Gasteiger partial charge >= 0.3 is 0 Å². The van der Waals surface area contributed by atoms with Crippen LogP contribution in [0.3, 0.4) is 0 Å². The Morgan fingerprint density at radius 1 is 1.17 bits per heavy atom. The molecule has 1 aliphatic heterocycles. The number of rotatable bonds is 1. The summed E-state index contributed by atoms with van der Waals surface area (Å²) in [6.45, 7) is 6.74. The Balaban J connectivity index is 2.02. The van der Waals surface area contributed by atoms with Gasteiger partial charge in [-0.3, -0.25) is 0 Å². The number of piperidine rings is 1. The number of aliphatic hydroxyl groups is 1. The Hall–Kier alpha value is -0.0800. The van der Waals surface area contributed by atoms with Crippen LogP contribution in [0.1, 0.15) is 26.7 Å². The Labute approximate surface area is 74.6 Å². The van der Waals surface area contributed by atoms with Crippen molar-refractivity contribution in [3.63, 3.8) is 0 Å². The van der Waals surface area contributed by atoms with Crippen molar-refractivity contribution in [2.45, 2.75) is 38.8 Å². The highest BCUT2D eigenvalue weighted by atomic mass is 16.3. The molecular formula is C10H19NO. The predicted molar refractivity (Wildman–Crippen MR) is 48.9 cm³/mol. The third-order valence-corrected chi connectivity index (χ3v) is 3.54. The van der Waals surface area contributed by atoms with Crippen molar-refractivity contribution in [2.75, 3.05) is 13.1 Å². The van der Waals surface area contributed by atoms with E-state index in [0.29, 0.717) is 17.9 Å². The highest BCUT2D eigenvalue weighted by molar-refractivity contribution is 4.93. The zero-order chi connectivity index (χ0) is 8.72. The SMILES string of the molecule is CC(C)N1C[C@H]2CC[C@@H](C1)C2O. The number of likely N-dealkylation sites (tertiary alicyclic amines) is 1. The summed E-state index contributed by atoms with van der Waals surface area (Å²) in [5, 5.41) is 9.78. The van der Waals surface area contributed by atoms with Crippen molar-refractivity contribution in [3.8, 4) is 0 Å². The van der Waals surface area contributed by atoms with Crippen molar-refractivity contribution in [1.82, 2.24) is 4.90 Å². The van der Waals surface area contributed by atoms with Crippen LogP contribution in [0.5, 0.6) is 0 Å². The molecule has 12 heavy (non-hydrogen) atoms. The second kappa shape index (κ2) is 3.00. The molecule has 0 radical (unpaired) electrons. The smallest absolute Gasteiger partial charge is 0.0620 e. The molecule has 2 rings (SSSR count). The molecule has 0 aromatic carbocycles. The molecule has 1 heterocycles. The van der Waals surface area contributed by atoms with Gasteiger partial charge in [0.15, 0.2) is 0 Å². The van der Waals surface area contributed by atoms with E-state index in [2.05, 4.69) is 18.7 Å². The summed E-state index contributed by atoms with van der Waals surface area (Å²) in [7, 11) is 0. The second-order valence-electron chi connectivity index (χ2n) is 4.64. The summed E-state index contributed by atoms with van der Waals surface area (Å²) >= 11 is 0. The zero-order valence-corrected chi connectivity index (χ0v) is 8.03. The molecule has 2 heteroatoms. The van der Waals surface area contributed by atoms with E-state index in [-0.39, 0.29) is 6.10 Å². The lowest BCUT2D eigenvalue weighted by atomic mass is 9.94. The molecule has 1 saturated carbocycles. The van der Waals surface area contributed by atoms with Gasteiger partial charge in [-0.15, -0.1) is 0 Å². The molecule has 0 aromatic heterocycles. The van der Waals surface area contributed by atoms with E-state index in [1.807, 2.05) is 0 Å². The topological polar surface area (TPSA) is 23.5 Å². The lowest BCUT2D eigenvalue weighted by Crippen LogP contribution is -2.47. The fourth-order valence-corrected chi connectivity index (χ4v) is 2.65. The molecule has 3 atom stereocenters. The van der Waals surface area contributed by atoms with Crippen molar-refractivity contribution < 1.29 is 5.11 Å². The van der Waals surface area contributed by atoms with E-state index in [9.17, 15) is 5.11 Å². The van der Waals surface area contributed by atoms with Crippen LogP contribution in [0.15, 0.2) is 0 Å². The van der Waals surface area contributed by atoms with E-state index in [1.54, 1.807) is 0 Å². The third-order valence-electron chi connectivity index (χ3n) is 3.54. The van der Waals surface area contributed by atoms with Crippen molar-refractivity contribution in [3.05, 3.63) is 0 Å². The molecule has 0 aromatic rings. The molecule has 2 fully saturated rings. The summed E-state index contributed by atoms with van der Waals surface area (Å²) in [5.41, 5.74) is 0. The third kappa shape index (κ3) is 1.27. The van der Waals surface area contributed by atoms with Gasteiger partial charge < -0.3 is 10.0 Å². The Morgan fingerprint density at radius 3 is 2.08 bits per heavy atom. The van der Waals surface area contributed by atoms with Crippen LogP contribution in [-0.4, -0.2) is 35.2 Å². The largest absolute Gasteiger partial charge is 0.392 e. The Bertz CT molecular complexity index is 155. The van der Waals surface area contributed by atoms with Crippen molar-refractivity contribution in [1.29, 1.82) is 0 Å². The summed E-state index contributed by atoms with van der Waals surface area (Å²) in [6, 6.07) is 0.653. The fourth-order valence-electron chi connectivity index (χ4n) is 2.65. The van der Waals surface area contributed by atoms with Crippen molar-refractivity contribution >= 4 is 0 Å². The van der Waals surface area contributed by atoms with Gasteiger partial charge in [-0.25, -0.2) is 0 Å². The zero-order valence-electron chi connectivity index (χ0n) is 8.03. The van der Waals surface area contributed by atoms with Gasteiger partial charge in [-0.05, 0) is 38.5 Å². The van der Waals surface area contributed by atoms with Gasteiger partial charge in [0.1, 0.15) is 0 Å². The lowest BCUT2D eigenvalue weighted by molar-refractivity contribution is 0.00571. The average molecular weight is 169 g/mol. The van der Waals surface area contributed by atoms with Crippen LogP contribution in [0.2, 0.25) is 0 Å². The van der Waals surface area contributed by atoms with Gasteiger partial charge in [-0.2, -0.15) is 0 Å². The first-order valence-electron chi connectivity index (χ1n) is 5.10. The molecule has 1 N–H and O–H groups in total. The average Bonchev–Trinajstić information content (AvgIpc) is 2.30. The van der Waals surface area contributed by atoms with Crippen LogP contribution in [0.25, 0.3) is 0 Å². The molecule has 2 bridgehead atoms. The highest BCUT2D eigenvalue weighted by Gasteiger charge is 2.41. The molecule has 70 valence electrons. The normalized spacial score (nSPS) is 42.5. The summed E-state index contributed by atoms with van der Waals surface area (Å²) < 4.78 is 0. The van der Waals surface area contributed by atoms with Crippen LogP contribution >= 0.6 is 0 Å². The molecule has 1 aliphatic carbocycles. The minimum Gasteiger partial charge on any atom is -0.392 e. The minimum absolute atomic E-state index is 0.0139. The van der Waals surface area contributed by atoms with Gasteiger partial charge in [0, 0.05) is 19.1 Å². The van der Waals surface area contributed by atoms with E-state index in [0.717, 1.165) is 13.1 Å². The van der Waals surface area contributed by atoms with Gasteiger partial charge in [0.2, 0.25) is 0 Å². The van der Waals surface area contributed by atoms with Gasteiger partial charge in [-0.1, -0.05) is 0 Å². The molecule has 2 aliphatic rings. The van der Waals surface area contributed by atoms with Crippen LogP contribution in [-0.2, 0) is 0 Å². The molecule has 1 unspecified atom stereocenters. The van der Waals surface area contributed by atoms with E-state index in [1.165, 1.54) is 12.8 Å². The standard InChI is InChI=1S/C10H19NO/c1-7(2)11-5-8-3-4-9(6-11)10(8)12/h7-10,12H,3-6H2,1-2H3/t8-,9+,10?. The molecular weight excluding hydrogens is 150 g/mol. The fraction of sp³-hybridized carbons (Fsp3) is 1.00. The number of hydrogen-bond acceptors (Lipinski definition) is 2. The van der Waals surface area contributed by atoms with E-state index < -0.39 is 0 Å². The monoisotopic (exact) mass is 169 g/mol. The number of aliphatic hydroxyl groups excluding tert-OH is 1. The maximum Gasteiger partial charge on any atom is 0.0620 e. The second-order valence-corrected chi connectivity index (χ2v) is 4.64. The van der Waals surface area contributed by atoms with Crippen LogP contribution in [0, 0.1) is 11.8 Å². The summed E-state index contributed by atoms with van der Waals surface area (Å²) in [6.07, 6.45) is 2.50. The van der Waals surface area contributed by atoms with Crippen LogP contribution in [0.4, 0.5) is 0 Å². The number of hydrogen-bond donors (Lipinski definition) is 1. The maximum atomic E-state index is 9.78. The number of fused-ring (bicyclic) bond motifs is 2. The summed E-state index contributed by atoms with van der Waals surface area (Å²) in [4.78, 5) is 2.51. The molecule has 0 amide bonds. The Morgan fingerprint density at radius 2 is 1.67 bits per heavy atom. The van der Waals surface area contributed by atoms with E-state index in [4.69, 9.17) is 0 Å². The van der Waals surface area contributed by atoms with E-state index >= 15 is 0 Å². The predicted octanol–water partition coefficient (Wildman–Crippen LogP) is 1.10. The van der Waals surface area contributed by atoms with Gasteiger partial charge in [0.05, 0.1) is 6.10 Å². The first-order chi connectivity index (χ1) is 5.68. The first-order valence-corrected chi connectivity index (χ1v) is 5.10. The maximum absolute atomic E-state index is 9.78. The van der Waals surface area contributed by atoms with Crippen LogP contribution < -0.4 is 0 Å². The highest BCUT2D eigenvalue weighted by Crippen LogP contribution is 2.37. The number of nitrogens with zero attached hydrogens (tertiary/aromatic N) is 1. The van der Waals surface area contributed by atoms with Crippen molar-refractivity contribution in [2.24, 2.45) is 11.8 Å². The van der Waals surface area contributed by atoms with Gasteiger partial charge in [0.25, 0.3) is 0 Å². The summed E-state index contributed by atoms with van der Waals surface area (Å²) in [5.74, 6) is 1.15. The minimum atomic E-state index is 0.0139. The molecule has 0 spiro atoms.